The molecule has 8 atom stereocenters. The van der Waals surface area contributed by atoms with Crippen LogP contribution < -0.4 is 18.9 Å². The Bertz CT molecular complexity index is 1870. The fraction of sp³-hybridized carbons (Fsp3) is 0.634. The highest BCUT2D eigenvalue weighted by Gasteiger charge is 2.75. The van der Waals surface area contributed by atoms with E-state index in [9.17, 15) is 24.6 Å². The maximum atomic E-state index is 13.7. The van der Waals surface area contributed by atoms with Crippen LogP contribution in [-0.4, -0.2) is 99.4 Å². The summed E-state index contributed by atoms with van der Waals surface area (Å²) >= 11 is 0. The summed E-state index contributed by atoms with van der Waals surface area (Å²) in [6, 6.07) is 7.13. The summed E-state index contributed by atoms with van der Waals surface area (Å²) in [6.45, 7) is 3.51. The fourth-order valence-corrected chi connectivity index (χ4v) is 12.9. The van der Waals surface area contributed by atoms with Crippen LogP contribution in [0.5, 0.6) is 23.0 Å². The molecule has 0 radical (unpaired) electrons. The highest BCUT2D eigenvalue weighted by atomic mass is 16.7. The van der Waals surface area contributed by atoms with Crippen LogP contribution in [0.4, 0.5) is 4.79 Å². The van der Waals surface area contributed by atoms with Gasteiger partial charge in [0, 0.05) is 49.1 Å². The van der Waals surface area contributed by atoms with Crippen molar-refractivity contribution < 1.29 is 43.5 Å². The molecular weight excluding hydrogens is 664 g/mol. The van der Waals surface area contributed by atoms with Gasteiger partial charge in [-0.2, -0.15) is 0 Å². The van der Waals surface area contributed by atoms with E-state index in [2.05, 4.69) is 9.80 Å². The van der Waals surface area contributed by atoms with Crippen molar-refractivity contribution in [3.05, 3.63) is 46.5 Å². The van der Waals surface area contributed by atoms with E-state index >= 15 is 0 Å². The molecule has 11 heteroatoms. The Morgan fingerprint density at radius 2 is 1.13 bits per heavy atom. The predicted molar refractivity (Wildman–Crippen MR) is 183 cm³/mol. The zero-order valence-corrected chi connectivity index (χ0v) is 29.2. The summed E-state index contributed by atoms with van der Waals surface area (Å²) in [4.78, 5) is 45.7. The monoisotopic (exact) mass is 708 g/mol. The highest BCUT2D eigenvalue weighted by molar-refractivity contribution is 5.91. The largest absolute Gasteiger partial charge is 0.519 e. The number of ether oxygens (including phenoxy) is 4. The highest BCUT2D eigenvalue weighted by Crippen LogP contribution is 2.67. The molecule has 12 rings (SSSR count). The Kier molecular flexibility index (Phi) is 5.92. The number of benzene rings is 2. The first kappa shape index (κ1) is 30.9. The lowest BCUT2D eigenvalue weighted by Gasteiger charge is -2.62. The van der Waals surface area contributed by atoms with E-state index in [-0.39, 0.29) is 48.0 Å². The lowest BCUT2D eigenvalue weighted by atomic mass is 9.49. The Morgan fingerprint density at radius 1 is 0.692 bits per heavy atom. The molecule has 2 N–H and O–H groups in total. The van der Waals surface area contributed by atoms with Crippen molar-refractivity contribution in [1.82, 2.24) is 9.80 Å². The molecule has 6 aliphatic carbocycles. The third-order valence-corrected chi connectivity index (χ3v) is 15.5. The molecule has 0 aromatic heterocycles. The molecule has 6 fully saturated rings. The van der Waals surface area contributed by atoms with E-state index < -0.39 is 40.4 Å². The predicted octanol–water partition coefficient (Wildman–Crippen LogP) is 3.53. The number of carbonyl (C=O) groups is 3. The Morgan fingerprint density at radius 3 is 1.56 bits per heavy atom. The van der Waals surface area contributed by atoms with Crippen LogP contribution in [0.25, 0.3) is 0 Å². The molecule has 272 valence electrons. The third kappa shape index (κ3) is 3.64. The minimum Gasteiger partial charge on any atom is -0.477 e. The van der Waals surface area contributed by atoms with Crippen molar-refractivity contribution in [3.63, 3.8) is 0 Å². The van der Waals surface area contributed by atoms with Crippen LogP contribution in [0.3, 0.4) is 0 Å². The molecule has 0 unspecified atom stereocenters. The van der Waals surface area contributed by atoms with Crippen molar-refractivity contribution in [1.29, 1.82) is 0 Å². The van der Waals surface area contributed by atoms with Crippen molar-refractivity contribution >= 4 is 17.7 Å². The van der Waals surface area contributed by atoms with Crippen molar-refractivity contribution in [3.8, 4) is 23.0 Å². The topological polar surface area (TPSA) is 135 Å². The minimum absolute atomic E-state index is 0.0261. The standard InChI is InChI=1S/C41H44N2O9/c44-25-9-11-40(47)29-17-23-5-7-27(33-31(23)38(40,35(25)51-33)13-15-42(29)19-21-1-2-21)49-37(46)50-28-8-6-24-18-30-41(48)12-10-26(45)36-39(41,32(24)34(28)52-36)14-16-43(30)20-22-3-4-22/h5-8,21-22,29-30,35-36,47-48H,1-4,9-20H2/t29-,30-,35+,36+,38+,39+,40-,41-/m1/s1. The second kappa shape index (κ2) is 9.96. The van der Waals surface area contributed by atoms with E-state index in [1.807, 2.05) is 12.1 Å². The number of hydrogen-bond acceptors (Lipinski definition) is 11. The number of rotatable bonds is 6. The molecular formula is C41H44N2O9. The molecule has 0 amide bonds. The lowest BCUT2D eigenvalue weighted by molar-refractivity contribution is -0.188. The molecule has 4 bridgehead atoms. The van der Waals surface area contributed by atoms with Gasteiger partial charge in [-0.1, -0.05) is 12.1 Å². The van der Waals surface area contributed by atoms with Crippen LogP contribution >= 0.6 is 0 Å². The second-order valence-electron chi connectivity index (χ2n) is 17.8. The molecule has 4 heterocycles. The van der Waals surface area contributed by atoms with Crippen molar-refractivity contribution in [2.24, 2.45) is 11.8 Å². The third-order valence-electron chi connectivity index (χ3n) is 15.5. The van der Waals surface area contributed by atoms with Crippen LogP contribution in [-0.2, 0) is 33.3 Å². The minimum atomic E-state index is -1.12. The van der Waals surface area contributed by atoms with Gasteiger partial charge in [0.15, 0.2) is 46.8 Å². The van der Waals surface area contributed by atoms with Gasteiger partial charge < -0.3 is 29.2 Å². The van der Waals surface area contributed by atoms with Gasteiger partial charge in [-0.3, -0.25) is 19.4 Å². The van der Waals surface area contributed by atoms with Gasteiger partial charge >= 0.3 is 6.16 Å². The van der Waals surface area contributed by atoms with Crippen LogP contribution in [0.2, 0.25) is 0 Å². The number of piperidine rings is 2. The average Bonchev–Trinajstić information content (AvgIpc) is 4.05. The Hall–Kier alpha value is -3.51. The maximum Gasteiger partial charge on any atom is 0.519 e. The molecule has 2 saturated heterocycles. The number of Topliss-reactive ketones (excluding diaryl/α,β-unsaturated/α-hetero) is 2. The van der Waals surface area contributed by atoms with E-state index in [1.54, 1.807) is 12.1 Å². The summed E-state index contributed by atoms with van der Waals surface area (Å²) < 4.78 is 24.8. The number of carbonyl (C=O) groups excluding carboxylic acids is 3. The van der Waals surface area contributed by atoms with Gasteiger partial charge in [0.1, 0.15) is 0 Å². The van der Waals surface area contributed by atoms with E-state index in [0.29, 0.717) is 61.9 Å². The van der Waals surface area contributed by atoms with E-state index in [4.69, 9.17) is 18.9 Å². The SMILES string of the molecule is O=C(Oc1ccc2c3c1O[C@H]1C(=O)CC[C@@]4(O)[C@@H](C2)N(CC2CC2)CC[C@]314)Oc1ccc2c3c1O[C@H]1C(=O)CC[C@@]4(O)[C@@H](C2)N(CC2CC2)CC[C@]314. The molecule has 4 aliphatic heterocycles. The van der Waals surface area contributed by atoms with Crippen molar-refractivity contribution in [2.45, 2.75) is 123 Å². The van der Waals surface area contributed by atoms with Crippen molar-refractivity contribution in [2.75, 3.05) is 26.2 Å². The molecule has 11 nitrogen and oxygen atoms in total. The fourth-order valence-electron chi connectivity index (χ4n) is 12.9. The van der Waals surface area contributed by atoms with Crippen LogP contribution in [0.15, 0.2) is 24.3 Å². The Labute approximate surface area is 301 Å². The number of ketones is 2. The van der Waals surface area contributed by atoms with E-state index in [1.165, 1.54) is 25.7 Å². The summed E-state index contributed by atoms with van der Waals surface area (Å²) in [5.41, 5.74) is -0.350. The molecule has 2 spiro atoms. The van der Waals surface area contributed by atoms with Gasteiger partial charge in [-0.25, -0.2) is 4.79 Å². The summed E-state index contributed by atoms with van der Waals surface area (Å²) in [7, 11) is 0. The normalized spacial score (nSPS) is 40.4. The quantitative estimate of drug-likeness (QED) is 0.337. The number of likely N-dealkylation sites (tertiary alicyclic amines) is 2. The first-order valence-electron chi connectivity index (χ1n) is 19.7. The Balaban J connectivity index is 0.879. The lowest BCUT2D eigenvalue weighted by Crippen LogP contribution is -2.76. The van der Waals surface area contributed by atoms with Gasteiger partial charge in [-0.15, -0.1) is 0 Å². The zero-order valence-electron chi connectivity index (χ0n) is 29.2. The van der Waals surface area contributed by atoms with Crippen LogP contribution in [0, 0.1) is 11.8 Å². The summed E-state index contributed by atoms with van der Waals surface area (Å²) in [5.74, 6) is 2.30. The molecule has 4 saturated carbocycles. The van der Waals surface area contributed by atoms with E-state index in [0.717, 1.165) is 48.4 Å². The van der Waals surface area contributed by atoms with Gasteiger partial charge in [0.05, 0.1) is 22.0 Å². The number of hydrogen-bond donors (Lipinski definition) is 2. The average molecular weight is 709 g/mol. The first-order chi connectivity index (χ1) is 25.1. The van der Waals surface area contributed by atoms with Gasteiger partial charge in [0.2, 0.25) is 0 Å². The second-order valence-corrected chi connectivity index (χ2v) is 17.8. The first-order valence-corrected chi connectivity index (χ1v) is 19.7. The van der Waals surface area contributed by atoms with Gasteiger partial charge in [0.25, 0.3) is 0 Å². The van der Waals surface area contributed by atoms with Gasteiger partial charge in [-0.05, 0) is 112 Å². The number of aliphatic hydroxyl groups is 2. The smallest absolute Gasteiger partial charge is 0.477 e. The van der Waals surface area contributed by atoms with Crippen LogP contribution in [0.1, 0.15) is 86.5 Å². The summed E-state index contributed by atoms with van der Waals surface area (Å²) in [5, 5.41) is 25.2. The zero-order chi connectivity index (χ0) is 34.9. The number of nitrogens with zero attached hydrogens (tertiary/aromatic N) is 2. The molecule has 52 heavy (non-hydrogen) atoms. The molecule has 10 aliphatic rings. The maximum absolute atomic E-state index is 13.7. The molecule has 2 aromatic rings. The summed E-state index contributed by atoms with van der Waals surface area (Å²) in [6.07, 6.45) is 6.03. The molecule has 2 aromatic carbocycles.